The molecule has 2 heteroatoms. The molecule has 0 aliphatic rings. The summed E-state index contributed by atoms with van der Waals surface area (Å²) in [5, 5.41) is 3.02. The second-order valence-corrected chi connectivity index (χ2v) is 9.77. The molecule has 0 aromatic rings. The van der Waals surface area contributed by atoms with Crippen molar-refractivity contribution in [3.05, 3.63) is 12.7 Å². The molecule has 1 unspecified atom stereocenters. The van der Waals surface area contributed by atoms with Gasteiger partial charge in [0.25, 0.3) is 14.1 Å². The minimum absolute atomic E-state index is 0. The van der Waals surface area contributed by atoms with Crippen molar-refractivity contribution < 1.29 is 0 Å². The molecule has 97 valence electrons. The summed E-state index contributed by atoms with van der Waals surface area (Å²) in [4.78, 5) is 0. The zero-order valence-electron chi connectivity index (χ0n) is 12.9. The lowest BCUT2D eigenvalue weighted by molar-refractivity contribution is 0.559. The number of rotatable bonds is 8. The maximum absolute atomic E-state index is 3.95. The average molecular weight is 265 g/mol. The Morgan fingerprint density at radius 1 is 0.941 bits per heavy atom. The van der Waals surface area contributed by atoms with Gasteiger partial charge in [-0.15, -0.1) is 6.58 Å². The van der Waals surface area contributed by atoms with Gasteiger partial charge in [-0.05, 0) is 6.42 Å². The van der Waals surface area contributed by atoms with Crippen molar-refractivity contribution in [2.45, 2.75) is 63.3 Å². The van der Waals surface area contributed by atoms with Gasteiger partial charge in [-0.3, -0.25) is 0 Å². The molecule has 0 amide bonds. The van der Waals surface area contributed by atoms with E-state index < -0.39 is 14.1 Å². The minimum atomic E-state index is -0.611. The number of allylic oxidation sites excluding steroid dienone is 1. The first-order valence-electron chi connectivity index (χ1n) is 6.99. The summed E-state index contributed by atoms with van der Waals surface area (Å²) >= 11 is -0.611. The van der Waals surface area contributed by atoms with Crippen LogP contribution in [0.3, 0.4) is 0 Å². The van der Waals surface area contributed by atoms with E-state index in [-0.39, 0.29) is 17.4 Å². The Kier molecular flexibility index (Phi) is 12.7. The summed E-state index contributed by atoms with van der Waals surface area (Å²) in [6.07, 6.45) is 3.39. The topological polar surface area (TPSA) is 0 Å². The molecular formula is C15H31Al2. The van der Waals surface area contributed by atoms with E-state index in [0.29, 0.717) is 0 Å². The standard InChI is InChI=1S/C7H13.2C4H9.2Al/c1-4-5-6-7(2)3;2*1-4(2)3;;/h4,6-7H,1,5H2,2-3H3;2*4H,1H2,2-3H3;;. The van der Waals surface area contributed by atoms with Crippen molar-refractivity contribution >= 4 is 31.5 Å². The molecule has 0 aromatic heterocycles. The van der Waals surface area contributed by atoms with E-state index in [2.05, 4.69) is 54.2 Å². The molecule has 3 radical (unpaired) electrons. The highest BCUT2D eigenvalue weighted by Crippen LogP contribution is 2.33. The second kappa shape index (κ2) is 10.7. The van der Waals surface area contributed by atoms with Gasteiger partial charge in [-0.1, -0.05) is 80.7 Å². The molecule has 0 rings (SSSR count). The Balaban J connectivity index is 0. The Bertz CT molecular complexity index is 175. The van der Waals surface area contributed by atoms with Crippen LogP contribution in [-0.2, 0) is 0 Å². The first kappa shape index (κ1) is 20.1. The zero-order valence-corrected chi connectivity index (χ0v) is 15.2. The fourth-order valence-electron chi connectivity index (χ4n) is 2.86. The highest BCUT2D eigenvalue weighted by molar-refractivity contribution is 6.60. The Labute approximate surface area is 125 Å². The second-order valence-electron chi connectivity index (χ2n) is 6.45. The Morgan fingerprint density at radius 3 is 1.59 bits per heavy atom. The third kappa shape index (κ3) is 9.39. The average Bonchev–Trinajstić information content (AvgIpc) is 2.10. The third-order valence-electron chi connectivity index (χ3n) is 3.45. The van der Waals surface area contributed by atoms with Gasteiger partial charge in [0, 0.05) is 17.4 Å². The SMILES string of the molecule is C=CC[CH](C(C)C)[Al]([CH2]C(C)C)[CH2]C(C)C.[Al]. The van der Waals surface area contributed by atoms with Crippen LogP contribution in [0, 0.1) is 17.8 Å². The quantitative estimate of drug-likeness (QED) is 0.427. The van der Waals surface area contributed by atoms with E-state index in [9.17, 15) is 0 Å². The van der Waals surface area contributed by atoms with Gasteiger partial charge in [0.05, 0.1) is 0 Å². The molecule has 0 aromatic carbocycles. The van der Waals surface area contributed by atoms with Gasteiger partial charge in [-0.2, -0.15) is 0 Å². The molecule has 0 spiro atoms. The summed E-state index contributed by atoms with van der Waals surface area (Å²) < 4.78 is 0.960. The lowest BCUT2D eigenvalue weighted by atomic mass is 10.1. The van der Waals surface area contributed by atoms with Crippen molar-refractivity contribution in [1.29, 1.82) is 0 Å². The number of hydrogen-bond acceptors (Lipinski definition) is 0. The lowest BCUT2D eigenvalue weighted by Crippen LogP contribution is -2.27. The molecule has 0 saturated carbocycles. The fourth-order valence-corrected chi connectivity index (χ4v) is 7.84. The maximum Gasteiger partial charge on any atom is 0.266 e. The van der Waals surface area contributed by atoms with Gasteiger partial charge in [0.15, 0.2) is 0 Å². The smallest absolute Gasteiger partial charge is 0.103 e. The van der Waals surface area contributed by atoms with Gasteiger partial charge in [-0.25, -0.2) is 0 Å². The van der Waals surface area contributed by atoms with Crippen molar-refractivity contribution in [1.82, 2.24) is 0 Å². The van der Waals surface area contributed by atoms with Crippen molar-refractivity contribution in [3.8, 4) is 0 Å². The summed E-state index contributed by atoms with van der Waals surface area (Å²) in [7, 11) is 0. The summed E-state index contributed by atoms with van der Waals surface area (Å²) in [5.74, 6) is 2.59. The summed E-state index contributed by atoms with van der Waals surface area (Å²) in [6.45, 7) is 18.3. The lowest BCUT2D eigenvalue weighted by Gasteiger charge is -2.28. The first-order valence-corrected chi connectivity index (χ1v) is 9.29. The summed E-state index contributed by atoms with van der Waals surface area (Å²) in [6, 6.07) is 0. The van der Waals surface area contributed by atoms with E-state index in [1.807, 2.05) is 0 Å². The Hall–Kier alpha value is 0.805. The molecule has 0 bridgehead atoms. The molecule has 17 heavy (non-hydrogen) atoms. The van der Waals surface area contributed by atoms with Crippen LogP contribution in [0.4, 0.5) is 0 Å². The molecule has 0 nitrogen and oxygen atoms in total. The van der Waals surface area contributed by atoms with Crippen molar-refractivity contribution in [3.63, 3.8) is 0 Å². The monoisotopic (exact) mass is 265 g/mol. The van der Waals surface area contributed by atoms with Crippen LogP contribution in [0.1, 0.15) is 48.0 Å². The van der Waals surface area contributed by atoms with Crippen LogP contribution < -0.4 is 0 Å². The zero-order chi connectivity index (χ0) is 12.7. The molecule has 1 atom stereocenters. The van der Waals surface area contributed by atoms with Gasteiger partial charge >= 0.3 is 0 Å². The molecule has 0 aliphatic carbocycles. The number of hydrogen-bond donors (Lipinski definition) is 0. The van der Waals surface area contributed by atoms with E-state index >= 15 is 0 Å². The third-order valence-corrected chi connectivity index (χ3v) is 8.80. The predicted octanol–water partition coefficient (Wildman–Crippen LogP) is 5.01. The highest BCUT2D eigenvalue weighted by Gasteiger charge is 2.30. The van der Waals surface area contributed by atoms with E-state index in [0.717, 1.165) is 22.5 Å². The predicted molar refractivity (Wildman–Crippen MR) is 84.2 cm³/mol. The van der Waals surface area contributed by atoms with Crippen LogP contribution in [0.5, 0.6) is 0 Å². The largest absolute Gasteiger partial charge is 0.266 e. The molecule has 0 N–H and O–H groups in total. The van der Waals surface area contributed by atoms with Crippen molar-refractivity contribution in [2.24, 2.45) is 17.8 Å². The molecule has 0 heterocycles. The fraction of sp³-hybridized carbons (Fsp3) is 0.867. The maximum atomic E-state index is 3.95. The molecule has 0 saturated heterocycles. The Morgan fingerprint density at radius 2 is 1.35 bits per heavy atom. The van der Waals surface area contributed by atoms with E-state index in [1.165, 1.54) is 17.0 Å². The van der Waals surface area contributed by atoms with Crippen LogP contribution in [0.25, 0.3) is 0 Å². The van der Waals surface area contributed by atoms with Gasteiger partial charge < -0.3 is 0 Å². The molecule has 0 aliphatic heterocycles. The first-order chi connectivity index (χ1) is 7.38. The van der Waals surface area contributed by atoms with Gasteiger partial charge in [0.1, 0.15) is 0 Å². The van der Waals surface area contributed by atoms with E-state index in [4.69, 9.17) is 0 Å². The van der Waals surface area contributed by atoms with Crippen LogP contribution >= 0.6 is 0 Å². The molecular weight excluding hydrogens is 234 g/mol. The van der Waals surface area contributed by atoms with Crippen LogP contribution in [0.15, 0.2) is 12.7 Å². The van der Waals surface area contributed by atoms with E-state index in [1.54, 1.807) is 0 Å². The molecule has 0 fully saturated rings. The summed E-state index contributed by atoms with van der Waals surface area (Å²) in [5.41, 5.74) is 0. The normalized spacial score (nSPS) is 12.8. The van der Waals surface area contributed by atoms with Gasteiger partial charge in [0.2, 0.25) is 0 Å². The van der Waals surface area contributed by atoms with Crippen molar-refractivity contribution in [2.75, 3.05) is 0 Å². The minimum Gasteiger partial charge on any atom is -0.103 e. The van der Waals surface area contributed by atoms with Crippen LogP contribution in [0.2, 0.25) is 15.3 Å². The van der Waals surface area contributed by atoms with Crippen LogP contribution in [-0.4, -0.2) is 31.5 Å². The highest BCUT2D eigenvalue weighted by atomic mass is 27.2.